The molecule has 1 N–H and O–H groups in total. The van der Waals surface area contributed by atoms with Crippen molar-refractivity contribution in [3.8, 4) is 0 Å². The van der Waals surface area contributed by atoms with Crippen LogP contribution in [-0.2, 0) is 4.79 Å². The first-order chi connectivity index (χ1) is 15.1. The number of anilines is 1. The first-order valence-corrected chi connectivity index (χ1v) is 10.8. The molecule has 9 heteroatoms. The molecular weight excluding hydrogens is 414 g/mol. The van der Waals surface area contributed by atoms with Crippen molar-refractivity contribution in [2.45, 2.75) is 16.8 Å². The number of aromatic nitrogens is 2. The highest BCUT2D eigenvalue weighted by atomic mass is 32.2. The van der Waals surface area contributed by atoms with Gasteiger partial charge in [0.1, 0.15) is 10.8 Å². The Balaban J connectivity index is 1.33. The van der Waals surface area contributed by atoms with Gasteiger partial charge in [0.25, 0.3) is 5.91 Å². The summed E-state index contributed by atoms with van der Waals surface area (Å²) in [5.74, 6) is 0.870. The summed E-state index contributed by atoms with van der Waals surface area (Å²) in [5.41, 5.74) is 0.601. The van der Waals surface area contributed by atoms with E-state index in [1.807, 2.05) is 46.2 Å². The van der Waals surface area contributed by atoms with Crippen LogP contribution >= 0.6 is 11.8 Å². The van der Waals surface area contributed by atoms with Gasteiger partial charge in [-0.3, -0.25) is 14.5 Å². The second-order valence-corrected chi connectivity index (χ2v) is 8.27. The monoisotopic (exact) mass is 437 g/mol. The van der Waals surface area contributed by atoms with Crippen molar-refractivity contribution >= 4 is 29.4 Å². The van der Waals surface area contributed by atoms with E-state index in [4.69, 9.17) is 4.52 Å². The molecule has 1 aliphatic rings. The fourth-order valence-corrected chi connectivity index (χ4v) is 4.22. The van der Waals surface area contributed by atoms with Gasteiger partial charge in [0.15, 0.2) is 5.82 Å². The van der Waals surface area contributed by atoms with Crippen LogP contribution in [0, 0.1) is 6.92 Å². The number of rotatable bonds is 6. The Labute approximate surface area is 184 Å². The highest BCUT2D eigenvalue weighted by Crippen LogP contribution is 2.29. The largest absolute Gasteiger partial charge is 0.360 e. The minimum Gasteiger partial charge on any atom is -0.360 e. The van der Waals surface area contributed by atoms with E-state index in [1.54, 1.807) is 25.3 Å². The lowest BCUT2D eigenvalue weighted by molar-refractivity contribution is -0.117. The standard InChI is InChI=1S/C22H23N5O3S/c1-16-14-19(25-30-16)24-20(28)15-26-10-12-27(13-11-26)22(29)18-8-5-9-23-21(18)31-17-6-3-2-4-7-17/h2-9,14H,10-13,15H2,1H3,(H,24,25,28). The Kier molecular flexibility index (Phi) is 6.63. The Bertz CT molecular complexity index is 1050. The summed E-state index contributed by atoms with van der Waals surface area (Å²) in [5, 5.41) is 7.19. The van der Waals surface area contributed by atoms with Crippen molar-refractivity contribution in [3.63, 3.8) is 0 Å². The molecule has 1 saturated heterocycles. The molecule has 2 amide bonds. The van der Waals surface area contributed by atoms with E-state index >= 15 is 0 Å². The van der Waals surface area contributed by atoms with Crippen molar-refractivity contribution in [3.05, 3.63) is 66.1 Å². The molecule has 3 heterocycles. The van der Waals surface area contributed by atoms with E-state index < -0.39 is 0 Å². The van der Waals surface area contributed by atoms with Gasteiger partial charge in [-0.1, -0.05) is 35.1 Å². The summed E-state index contributed by atoms with van der Waals surface area (Å²) in [6.07, 6.45) is 1.70. The van der Waals surface area contributed by atoms with Crippen molar-refractivity contribution in [2.24, 2.45) is 0 Å². The van der Waals surface area contributed by atoms with Crippen LogP contribution in [0.4, 0.5) is 5.82 Å². The number of hydrogen-bond donors (Lipinski definition) is 1. The molecular formula is C22H23N5O3S. The zero-order valence-electron chi connectivity index (χ0n) is 17.2. The van der Waals surface area contributed by atoms with Crippen LogP contribution in [-0.4, -0.2) is 64.5 Å². The minimum atomic E-state index is -0.151. The Morgan fingerprint density at radius 3 is 2.58 bits per heavy atom. The first-order valence-electron chi connectivity index (χ1n) is 10.0. The molecule has 0 unspecified atom stereocenters. The van der Waals surface area contributed by atoms with Crippen molar-refractivity contribution < 1.29 is 14.1 Å². The molecule has 0 saturated carbocycles. The van der Waals surface area contributed by atoms with E-state index in [9.17, 15) is 9.59 Å². The fourth-order valence-electron chi connectivity index (χ4n) is 3.33. The number of carbonyl (C=O) groups is 2. The molecule has 0 aliphatic carbocycles. The first kappa shape index (κ1) is 21.1. The lowest BCUT2D eigenvalue weighted by Crippen LogP contribution is -2.50. The lowest BCUT2D eigenvalue weighted by Gasteiger charge is -2.34. The molecule has 1 fully saturated rings. The Morgan fingerprint density at radius 1 is 1.10 bits per heavy atom. The van der Waals surface area contributed by atoms with Crippen LogP contribution in [0.1, 0.15) is 16.1 Å². The molecule has 31 heavy (non-hydrogen) atoms. The van der Waals surface area contributed by atoms with Crippen LogP contribution in [0.3, 0.4) is 0 Å². The zero-order valence-corrected chi connectivity index (χ0v) is 18.0. The molecule has 0 atom stereocenters. The van der Waals surface area contributed by atoms with Crippen LogP contribution in [0.2, 0.25) is 0 Å². The summed E-state index contributed by atoms with van der Waals surface area (Å²) >= 11 is 1.48. The zero-order chi connectivity index (χ0) is 21.6. The summed E-state index contributed by atoms with van der Waals surface area (Å²) < 4.78 is 4.96. The van der Waals surface area contributed by atoms with E-state index in [2.05, 4.69) is 15.5 Å². The van der Waals surface area contributed by atoms with Gasteiger partial charge in [-0.05, 0) is 31.2 Å². The predicted octanol–water partition coefficient (Wildman–Crippen LogP) is 2.93. The maximum absolute atomic E-state index is 13.1. The van der Waals surface area contributed by atoms with E-state index in [1.165, 1.54) is 11.8 Å². The Hall–Kier alpha value is -3.17. The van der Waals surface area contributed by atoms with Crippen molar-refractivity contribution in [1.29, 1.82) is 0 Å². The van der Waals surface area contributed by atoms with Crippen molar-refractivity contribution in [1.82, 2.24) is 19.9 Å². The average molecular weight is 438 g/mol. The molecule has 8 nitrogen and oxygen atoms in total. The number of nitrogens with one attached hydrogen (secondary N) is 1. The van der Waals surface area contributed by atoms with Crippen LogP contribution in [0.5, 0.6) is 0 Å². The predicted molar refractivity (Wildman–Crippen MR) is 117 cm³/mol. The molecule has 0 radical (unpaired) electrons. The third-order valence-electron chi connectivity index (χ3n) is 4.88. The fraction of sp³-hybridized carbons (Fsp3) is 0.273. The van der Waals surface area contributed by atoms with Gasteiger partial charge in [0.2, 0.25) is 5.91 Å². The number of pyridine rings is 1. The topological polar surface area (TPSA) is 91.6 Å². The summed E-state index contributed by atoms with van der Waals surface area (Å²) in [6, 6.07) is 15.2. The smallest absolute Gasteiger partial charge is 0.256 e. The molecule has 1 aromatic carbocycles. The van der Waals surface area contributed by atoms with E-state index in [0.717, 1.165) is 4.90 Å². The number of amides is 2. The molecule has 0 spiro atoms. The van der Waals surface area contributed by atoms with Gasteiger partial charge in [0.05, 0.1) is 12.1 Å². The summed E-state index contributed by atoms with van der Waals surface area (Å²) in [4.78, 5) is 34.7. The molecule has 4 rings (SSSR count). The van der Waals surface area contributed by atoms with Crippen LogP contribution in [0.25, 0.3) is 0 Å². The number of carbonyl (C=O) groups excluding carboxylic acids is 2. The van der Waals surface area contributed by atoms with Gasteiger partial charge in [-0.15, -0.1) is 0 Å². The van der Waals surface area contributed by atoms with Gasteiger partial charge >= 0.3 is 0 Å². The number of nitrogens with zero attached hydrogens (tertiary/aromatic N) is 4. The van der Waals surface area contributed by atoms with Gasteiger partial charge < -0.3 is 14.7 Å². The lowest BCUT2D eigenvalue weighted by atomic mass is 10.2. The van der Waals surface area contributed by atoms with E-state index in [0.29, 0.717) is 48.3 Å². The van der Waals surface area contributed by atoms with Gasteiger partial charge in [0, 0.05) is 43.3 Å². The summed E-state index contributed by atoms with van der Waals surface area (Å²) in [7, 11) is 0. The Morgan fingerprint density at radius 2 is 1.87 bits per heavy atom. The van der Waals surface area contributed by atoms with Crippen molar-refractivity contribution in [2.75, 3.05) is 38.0 Å². The maximum Gasteiger partial charge on any atom is 0.256 e. The second kappa shape index (κ2) is 9.76. The number of benzene rings is 1. The molecule has 0 bridgehead atoms. The number of aryl methyl sites for hydroxylation is 1. The SMILES string of the molecule is Cc1cc(NC(=O)CN2CCN(C(=O)c3cccnc3Sc3ccccc3)CC2)no1. The van der Waals surface area contributed by atoms with Gasteiger partial charge in [-0.2, -0.15) is 0 Å². The average Bonchev–Trinajstić information content (AvgIpc) is 3.19. The third-order valence-corrected chi connectivity index (χ3v) is 5.91. The molecule has 160 valence electrons. The maximum atomic E-state index is 13.1. The highest BCUT2D eigenvalue weighted by molar-refractivity contribution is 7.99. The highest BCUT2D eigenvalue weighted by Gasteiger charge is 2.25. The quantitative estimate of drug-likeness (QED) is 0.634. The molecule has 3 aromatic rings. The minimum absolute atomic E-state index is 0.0336. The van der Waals surface area contributed by atoms with Crippen LogP contribution in [0.15, 0.2) is 69.2 Å². The summed E-state index contributed by atoms with van der Waals surface area (Å²) in [6.45, 7) is 4.37. The number of hydrogen-bond acceptors (Lipinski definition) is 7. The van der Waals surface area contributed by atoms with Crippen LogP contribution < -0.4 is 5.32 Å². The van der Waals surface area contributed by atoms with E-state index in [-0.39, 0.29) is 18.4 Å². The molecule has 1 aliphatic heterocycles. The number of piperazine rings is 1. The second-order valence-electron chi connectivity index (χ2n) is 7.21. The third kappa shape index (κ3) is 5.50. The van der Waals surface area contributed by atoms with Gasteiger partial charge in [-0.25, -0.2) is 4.98 Å². The molecule has 2 aromatic heterocycles. The normalized spacial score (nSPS) is 14.4.